The lowest BCUT2D eigenvalue weighted by molar-refractivity contribution is 0.756. The topological polar surface area (TPSA) is 36.8 Å². The highest BCUT2D eigenvalue weighted by molar-refractivity contribution is 6.25. The molecule has 0 spiro atoms. The summed E-state index contributed by atoms with van der Waals surface area (Å²) in [6.45, 7) is 0. The van der Waals surface area contributed by atoms with E-state index in [2.05, 4.69) is 121 Å². The highest BCUT2D eigenvalue weighted by Crippen LogP contribution is 2.37. The number of hydrogen-bond acceptors (Lipinski definition) is 3. The van der Waals surface area contributed by atoms with Crippen molar-refractivity contribution in [1.29, 1.82) is 0 Å². The maximum absolute atomic E-state index is 5.08. The summed E-state index contributed by atoms with van der Waals surface area (Å²) in [6, 6.07) is 53.4. The zero-order valence-electron chi connectivity index (χ0n) is 22.9. The van der Waals surface area contributed by atoms with Gasteiger partial charge in [0, 0.05) is 11.1 Å². The number of nitrogens with zero attached hydrogens (tertiary/aromatic N) is 2. The molecule has 1 heterocycles. The molecule has 0 aliphatic carbocycles. The van der Waals surface area contributed by atoms with Crippen LogP contribution >= 0.6 is 0 Å². The van der Waals surface area contributed by atoms with Crippen molar-refractivity contribution in [3.63, 3.8) is 0 Å². The van der Waals surface area contributed by atoms with Gasteiger partial charge in [-0.3, -0.25) is 0 Å². The Bertz CT molecular complexity index is 2070. The summed E-state index contributed by atoms with van der Waals surface area (Å²) in [6.07, 6.45) is -0.359. The van der Waals surface area contributed by atoms with Crippen molar-refractivity contribution in [2.75, 3.05) is 0 Å². The lowest BCUT2D eigenvalue weighted by atomic mass is 9.92. The Morgan fingerprint density at radius 1 is 0.357 bits per heavy atom. The SMILES string of the molecule is c1ccc(C2=NC(c3cccc(-c4ccc5c6ccccc6c6ccccc6c5c4)c3)N=C(c3ccccc3)N2)cc1. The molecule has 3 nitrogen and oxygen atoms in total. The number of rotatable bonds is 4. The van der Waals surface area contributed by atoms with Crippen LogP contribution in [0.15, 0.2) is 162 Å². The monoisotopic (exact) mass is 537 g/mol. The van der Waals surface area contributed by atoms with E-state index in [0.29, 0.717) is 0 Å². The van der Waals surface area contributed by atoms with Crippen LogP contribution < -0.4 is 5.32 Å². The van der Waals surface area contributed by atoms with Gasteiger partial charge in [-0.1, -0.05) is 140 Å². The lowest BCUT2D eigenvalue weighted by Crippen LogP contribution is -2.35. The van der Waals surface area contributed by atoms with Gasteiger partial charge >= 0.3 is 0 Å². The van der Waals surface area contributed by atoms with E-state index < -0.39 is 0 Å². The fourth-order valence-electron chi connectivity index (χ4n) is 6.05. The molecule has 0 radical (unpaired) electrons. The Labute approximate surface area is 244 Å². The molecule has 0 bridgehead atoms. The standard InChI is InChI=1S/C39H27N3/c1-3-12-26(13-4-1)37-40-38(27-14-5-2-6-15-27)42-39(41-37)30-17-11-16-28(24-30)29-22-23-35-33-20-8-7-18-31(33)32-19-9-10-21-34(32)36(35)25-29/h1-25,39H,(H,40,41,42). The van der Waals surface area contributed by atoms with Gasteiger partial charge in [-0.25, -0.2) is 9.98 Å². The van der Waals surface area contributed by atoms with E-state index in [1.54, 1.807) is 0 Å². The molecule has 3 heteroatoms. The number of aliphatic imine (C=N–C) groups is 2. The van der Waals surface area contributed by atoms with E-state index >= 15 is 0 Å². The third-order valence-corrected chi connectivity index (χ3v) is 8.10. The van der Waals surface area contributed by atoms with Gasteiger partial charge in [0.1, 0.15) is 11.7 Å². The first-order valence-corrected chi connectivity index (χ1v) is 14.3. The van der Waals surface area contributed by atoms with Crippen molar-refractivity contribution in [2.45, 2.75) is 6.17 Å². The van der Waals surface area contributed by atoms with Crippen LogP contribution in [0.25, 0.3) is 43.4 Å². The number of fused-ring (bicyclic) bond motifs is 6. The van der Waals surface area contributed by atoms with Gasteiger partial charge < -0.3 is 5.32 Å². The van der Waals surface area contributed by atoms with Crippen molar-refractivity contribution in [1.82, 2.24) is 5.32 Å². The molecule has 42 heavy (non-hydrogen) atoms. The number of nitrogens with one attached hydrogen (secondary N) is 1. The minimum atomic E-state index is -0.359. The molecule has 1 aliphatic rings. The maximum Gasteiger partial charge on any atom is 0.169 e. The molecule has 7 aromatic carbocycles. The van der Waals surface area contributed by atoms with Crippen LogP contribution in [0.3, 0.4) is 0 Å². The predicted octanol–water partition coefficient (Wildman–Crippen LogP) is 9.31. The van der Waals surface area contributed by atoms with Crippen LogP contribution in [0, 0.1) is 0 Å². The van der Waals surface area contributed by atoms with E-state index in [-0.39, 0.29) is 6.17 Å². The van der Waals surface area contributed by atoms with Crippen LogP contribution in [0.5, 0.6) is 0 Å². The molecule has 0 saturated heterocycles. The third kappa shape index (κ3) is 4.23. The number of benzene rings is 7. The Kier molecular flexibility index (Phi) is 5.86. The van der Waals surface area contributed by atoms with E-state index in [9.17, 15) is 0 Å². The molecule has 0 saturated carbocycles. The molecule has 0 fully saturated rings. The maximum atomic E-state index is 5.08. The number of hydrogen-bond donors (Lipinski definition) is 1. The molecule has 1 aliphatic heterocycles. The summed E-state index contributed by atoms with van der Waals surface area (Å²) < 4.78 is 0. The second kappa shape index (κ2) is 10.1. The fourth-order valence-corrected chi connectivity index (χ4v) is 6.05. The normalized spacial score (nSPS) is 13.6. The minimum absolute atomic E-state index is 0.359. The van der Waals surface area contributed by atoms with Gasteiger partial charge in [0.05, 0.1) is 0 Å². The van der Waals surface area contributed by atoms with E-state index in [1.165, 1.54) is 37.9 Å². The molecule has 0 unspecified atom stereocenters. The predicted molar refractivity (Wildman–Crippen MR) is 176 cm³/mol. The molecular formula is C39H27N3. The largest absolute Gasteiger partial charge is 0.324 e. The van der Waals surface area contributed by atoms with Crippen LogP contribution in [0.1, 0.15) is 22.9 Å². The minimum Gasteiger partial charge on any atom is -0.324 e. The van der Waals surface area contributed by atoms with Gasteiger partial charge in [-0.2, -0.15) is 0 Å². The van der Waals surface area contributed by atoms with E-state index in [0.717, 1.165) is 33.9 Å². The summed E-state index contributed by atoms with van der Waals surface area (Å²) in [7, 11) is 0. The molecule has 1 N–H and O–H groups in total. The average Bonchev–Trinajstić information content (AvgIpc) is 3.09. The van der Waals surface area contributed by atoms with Crippen LogP contribution in [0.2, 0.25) is 0 Å². The van der Waals surface area contributed by atoms with Gasteiger partial charge in [-0.05, 0) is 61.1 Å². The van der Waals surface area contributed by atoms with Crippen LogP contribution in [-0.4, -0.2) is 11.7 Å². The summed E-state index contributed by atoms with van der Waals surface area (Å²) in [5.74, 6) is 1.65. The first-order valence-electron chi connectivity index (χ1n) is 14.3. The molecule has 8 rings (SSSR count). The smallest absolute Gasteiger partial charge is 0.169 e. The Balaban J connectivity index is 1.26. The van der Waals surface area contributed by atoms with E-state index in [4.69, 9.17) is 9.98 Å². The zero-order chi connectivity index (χ0) is 27.9. The molecule has 198 valence electrons. The van der Waals surface area contributed by atoms with Crippen molar-refractivity contribution in [2.24, 2.45) is 9.98 Å². The second-order valence-corrected chi connectivity index (χ2v) is 10.7. The van der Waals surface area contributed by atoms with Crippen LogP contribution in [-0.2, 0) is 0 Å². The lowest BCUT2D eigenvalue weighted by Gasteiger charge is -2.22. The average molecular weight is 538 g/mol. The summed E-state index contributed by atoms with van der Waals surface area (Å²) in [4.78, 5) is 10.2. The first kappa shape index (κ1) is 24.3. The Morgan fingerprint density at radius 3 is 1.38 bits per heavy atom. The fraction of sp³-hybridized carbons (Fsp3) is 0.0256. The number of amidine groups is 2. The Morgan fingerprint density at radius 2 is 0.810 bits per heavy atom. The van der Waals surface area contributed by atoms with Crippen LogP contribution in [0.4, 0.5) is 0 Å². The van der Waals surface area contributed by atoms with Gasteiger partial charge in [0.2, 0.25) is 0 Å². The zero-order valence-corrected chi connectivity index (χ0v) is 22.9. The van der Waals surface area contributed by atoms with Gasteiger partial charge in [-0.15, -0.1) is 0 Å². The molecule has 7 aromatic rings. The summed E-state index contributed by atoms with van der Waals surface area (Å²) >= 11 is 0. The van der Waals surface area contributed by atoms with E-state index in [1.807, 2.05) is 36.4 Å². The molecular weight excluding hydrogens is 510 g/mol. The molecule has 0 atom stereocenters. The second-order valence-electron chi connectivity index (χ2n) is 10.7. The quantitative estimate of drug-likeness (QED) is 0.223. The summed E-state index contributed by atoms with van der Waals surface area (Å²) in [5.41, 5.74) is 5.46. The Hall–Kier alpha value is -5.54. The van der Waals surface area contributed by atoms with Crippen molar-refractivity contribution >= 4 is 44.0 Å². The molecule has 0 amide bonds. The summed E-state index contributed by atoms with van der Waals surface area (Å²) in [5, 5.41) is 11.2. The van der Waals surface area contributed by atoms with Gasteiger partial charge in [0.15, 0.2) is 6.17 Å². The molecule has 0 aromatic heterocycles. The van der Waals surface area contributed by atoms with Crippen molar-refractivity contribution in [3.05, 3.63) is 168 Å². The highest BCUT2D eigenvalue weighted by atomic mass is 15.2. The van der Waals surface area contributed by atoms with Crippen molar-refractivity contribution in [3.8, 4) is 11.1 Å². The highest BCUT2D eigenvalue weighted by Gasteiger charge is 2.21. The van der Waals surface area contributed by atoms with Crippen molar-refractivity contribution < 1.29 is 0 Å². The van der Waals surface area contributed by atoms with Gasteiger partial charge in [0.25, 0.3) is 0 Å². The third-order valence-electron chi connectivity index (χ3n) is 8.10. The first-order chi connectivity index (χ1) is 20.8.